The van der Waals surface area contributed by atoms with Gasteiger partial charge in [0.25, 0.3) is 0 Å². The largest absolute Gasteiger partial charge is 0.496 e. The average molecular weight is 366 g/mol. The molecular formula is C17H20BrNOS. The first-order valence-electron chi connectivity index (χ1n) is 6.99. The van der Waals surface area contributed by atoms with Gasteiger partial charge in [0.1, 0.15) is 5.75 Å². The van der Waals surface area contributed by atoms with Crippen molar-refractivity contribution >= 4 is 27.7 Å². The highest BCUT2D eigenvalue weighted by Crippen LogP contribution is 2.37. The zero-order valence-corrected chi connectivity index (χ0v) is 14.7. The summed E-state index contributed by atoms with van der Waals surface area (Å²) in [7, 11) is 1.70. The molecule has 1 unspecified atom stereocenters. The summed E-state index contributed by atoms with van der Waals surface area (Å²) < 4.78 is 6.51. The minimum Gasteiger partial charge on any atom is -0.496 e. The van der Waals surface area contributed by atoms with Crippen molar-refractivity contribution in [3.05, 3.63) is 52.5 Å². The maximum absolute atomic E-state index is 6.12. The molecule has 21 heavy (non-hydrogen) atoms. The van der Waals surface area contributed by atoms with Crippen molar-refractivity contribution in [2.24, 2.45) is 5.73 Å². The van der Waals surface area contributed by atoms with Crippen LogP contribution in [0.4, 0.5) is 0 Å². The Kier molecular flexibility index (Phi) is 6.15. The van der Waals surface area contributed by atoms with Gasteiger partial charge in [-0.05, 0) is 42.7 Å². The first kappa shape index (κ1) is 16.4. The molecule has 0 saturated heterocycles. The summed E-state index contributed by atoms with van der Waals surface area (Å²) in [5.41, 5.74) is 7.40. The Morgan fingerprint density at radius 2 is 1.95 bits per heavy atom. The van der Waals surface area contributed by atoms with Crippen molar-refractivity contribution < 1.29 is 4.74 Å². The number of methoxy groups -OCH3 is 1. The van der Waals surface area contributed by atoms with Crippen LogP contribution in [0.5, 0.6) is 5.75 Å². The van der Waals surface area contributed by atoms with Crippen molar-refractivity contribution in [2.75, 3.05) is 7.11 Å². The second-order valence-corrected chi connectivity index (χ2v) is 6.88. The van der Waals surface area contributed by atoms with E-state index in [1.54, 1.807) is 18.9 Å². The Morgan fingerprint density at radius 3 is 2.67 bits per heavy atom. The minimum atomic E-state index is 0.197. The zero-order valence-electron chi connectivity index (χ0n) is 12.3. The van der Waals surface area contributed by atoms with E-state index in [2.05, 4.69) is 47.1 Å². The molecular weight excluding hydrogens is 346 g/mol. The fourth-order valence-corrected chi connectivity index (χ4v) is 3.66. The molecule has 0 radical (unpaired) electrons. The number of hydrogen-bond donors (Lipinski definition) is 1. The smallest absolute Gasteiger partial charge is 0.132 e. The maximum Gasteiger partial charge on any atom is 0.132 e. The minimum absolute atomic E-state index is 0.197. The van der Waals surface area contributed by atoms with Crippen molar-refractivity contribution in [1.82, 2.24) is 0 Å². The van der Waals surface area contributed by atoms with Crippen molar-refractivity contribution in [2.45, 2.75) is 35.6 Å². The van der Waals surface area contributed by atoms with E-state index < -0.39 is 0 Å². The molecule has 0 aliphatic rings. The quantitative estimate of drug-likeness (QED) is 0.791. The average Bonchev–Trinajstić information content (AvgIpc) is 2.50. The van der Waals surface area contributed by atoms with Crippen molar-refractivity contribution in [3.63, 3.8) is 0 Å². The molecule has 0 bridgehead atoms. The normalized spacial score (nSPS) is 12.2. The summed E-state index contributed by atoms with van der Waals surface area (Å²) in [5.74, 6) is 0.896. The van der Waals surface area contributed by atoms with Crippen LogP contribution in [-0.2, 0) is 6.42 Å². The van der Waals surface area contributed by atoms with E-state index in [0.29, 0.717) is 0 Å². The van der Waals surface area contributed by atoms with Crippen LogP contribution in [0.25, 0.3) is 0 Å². The second-order valence-electron chi connectivity index (χ2n) is 4.88. The first-order chi connectivity index (χ1) is 10.1. The standard InChI is InChI=1S/C17H20BrNOS/c1-3-14(19)10-12-8-9-13(18)11-17(12)21-16-7-5-4-6-15(16)20-2/h4-9,11,14H,3,10,19H2,1-2H3. The Hall–Kier alpha value is -0.970. The third kappa shape index (κ3) is 4.50. The van der Waals surface area contributed by atoms with E-state index in [0.717, 1.165) is 28.0 Å². The summed E-state index contributed by atoms with van der Waals surface area (Å²) >= 11 is 5.27. The lowest BCUT2D eigenvalue weighted by Gasteiger charge is -2.15. The molecule has 2 nitrogen and oxygen atoms in total. The SMILES string of the molecule is CCC(N)Cc1ccc(Br)cc1Sc1ccccc1OC. The number of ether oxygens (including phenoxy) is 1. The van der Waals surface area contributed by atoms with E-state index in [4.69, 9.17) is 10.5 Å². The molecule has 2 N–H and O–H groups in total. The Balaban J connectivity index is 2.31. The molecule has 2 aromatic rings. The van der Waals surface area contributed by atoms with Gasteiger partial charge in [0.15, 0.2) is 0 Å². The molecule has 0 heterocycles. The van der Waals surface area contributed by atoms with Crippen LogP contribution in [0.15, 0.2) is 56.7 Å². The van der Waals surface area contributed by atoms with Gasteiger partial charge in [0, 0.05) is 15.4 Å². The number of para-hydroxylation sites is 1. The molecule has 0 fully saturated rings. The molecule has 112 valence electrons. The van der Waals surface area contributed by atoms with Crippen molar-refractivity contribution in [1.29, 1.82) is 0 Å². The highest BCUT2D eigenvalue weighted by molar-refractivity contribution is 9.10. The van der Waals surface area contributed by atoms with Gasteiger partial charge < -0.3 is 10.5 Å². The van der Waals surface area contributed by atoms with Gasteiger partial charge in [0.05, 0.1) is 12.0 Å². The fraction of sp³-hybridized carbons (Fsp3) is 0.294. The second kappa shape index (κ2) is 7.87. The van der Waals surface area contributed by atoms with E-state index >= 15 is 0 Å². The highest BCUT2D eigenvalue weighted by atomic mass is 79.9. The highest BCUT2D eigenvalue weighted by Gasteiger charge is 2.11. The summed E-state index contributed by atoms with van der Waals surface area (Å²) in [6.07, 6.45) is 1.87. The van der Waals surface area contributed by atoms with Gasteiger partial charge in [-0.25, -0.2) is 0 Å². The van der Waals surface area contributed by atoms with Crippen LogP contribution < -0.4 is 10.5 Å². The van der Waals surface area contributed by atoms with Crippen LogP contribution in [0, 0.1) is 0 Å². The molecule has 0 amide bonds. The van der Waals surface area contributed by atoms with Crippen LogP contribution in [0.2, 0.25) is 0 Å². The molecule has 2 aromatic carbocycles. The molecule has 2 rings (SSSR count). The first-order valence-corrected chi connectivity index (χ1v) is 8.59. The van der Waals surface area contributed by atoms with Gasteiger partial charge in [-0.3, -0.25) is 0 Å². The summed E-state index contributed by atoms with van der Waals surface area (Å²) in [5, 5.41) is 0. The Morgan fingerprint density at radius 1 is 1.19 bits per heavy atom. The fourth-order valence-electron chi connectivity index (χ4n) is 2.04. The maximum atomic E-state index is 6.12. The summed E-state index contributed by atoms with van der Waals surface area (Å²) in [6.45, 7) is 2.12. The number of halogens is 1. The lowest BCUT2D eigenvalue weighted by Crippen LogP contribution is -2.21. The molecule has 1 atom stereocenters. The number of benzene rings is 2. The Labute approximate surface area is 139 Å². The predicted molar refractivity (Wildman–Crippen MR) is 93.2 cm³/mol. The van der Waals surface area contributed by atoms with Crippen LogP contribution >= 0.6 is 27.7 Å². The van der Waals surface area contributed by atoms with Gasteiger partial charge in [-0.2, -0.15) is 0 Å². The summed E-state index contributed by atoms with van der Waals surface area (Å²) in [4.78, 5) is 2.34. The van der Waals surface area contributed by atoms with E-state index in [-0.39, 0.29) is 6.04 Å². The molecule has 0 spiro atoms. The van der Waals surface area contributed by atoms with Gasteiger partial charge >= 0.3 is 0 Å². The van der Waals surface area contributed by atoms with Gasteiger partial charge in [-0.1, -0.05) is 52.8 Å². The van der Waals surface area contributed by atoms with Crippen molar-refractivity contribution in [3.8, 4) is 5.75 Å². The van der Waals surface area contributed by atoms with Crippen LogP contribution in [-0.4, -0.2) is 13.2 Å². The lowest BCUT2D eigenvalue weighted by molar-refractivity contribution is 0.405. The summed E-state index contributed by atoms with van der Waals surface area (Å²) in [6, 6.07) is 14.6. The van der Waals surface area contributed by atoms with Crippen LogP contribution in [0.1, 0.15) is 18.9 Å². The zero-order chi connectivity index (χ0) is 15.2. The molecule has 0 aliphatic heterocycles. The third-order valence-electron chi connectivity index (χ3n) is 3.32. The molecule has 0 aliphatic carbocycles. The monoisotopic (exact) mass is 365 g/mol. The molecule has 0 saturated carbocycles. The third-order valence-corrected chi connectivity index (χ3v) is 4.98. The predicted octanol–water partition coefficient (Wildman–Crippen LogP) is 4.89. The van der Waals surface area contributed by atoms with Gasteiger partial charge in [0.2, 0.25) is 0 Å². The topological polar surface area (TPSA) is 35.2 Å². The van der Waals surface area contributed by atoms with Gasteiger partial charge in [-0.15, -0.1) is 0 Å². The molecule has 4 heteroatoms. The van der Waals surface area contributed by atoms with Crippen LogP contribution in [0.3, 0.4) is 0 Å². The Bertz CT molecular complexity index is 603. The lowest BCUT2D eigenvalue weighted by atomic mass is 10.1. The number of rotatable bonds is 6. The number of nitrogens with two attached hydrogens (primary N) is 1. The van der Waals surface area contributed by atoms with E-state index in [1.807, 2.05) is 18.2 Å². The number of hydrogen-bond acceptors (Lipinski definition) is 3. The molecule has 0 aromatic heterocycles. The van der Waals surface area contributed by atoms with E-state index in [9.17, 15) is 0 Å². The van der Waals surface area contributed by atoms with E-state index in [1.165, 1.54) is 10.5 Å².